The summed E-state index contributed by atoms with van der Waals surface area (Å²) < 4.78 is 17.1. The van der Waals surface area contributed by atoms with Crippen LogP contribution in [0.5, 0.6) is 0 Å². The van der Waals surface area contributed by atoms with Crippen molar-refractivity contribution in [3.05, 3.63) is 95.1 Å². The highest BCUT2D eigenvalue weighted by Crippen LogP contribution is 2.44. The quantitative estimate of drug-likeness (QED) is 0.229. The Morgan fingerprint density at radius 3 is 2.08 bits per heavy atom. The minimum absolute atomic E-state index is 0.108. The molecule has 0 bridgehead atoms. The van der Waals surface area contributed by atoms with Gasteiger partial charge in [-0.15, -0.1) is 0 Å². The molecular weight excluding hydrogens is 634 g/mol. The van der Waals surface area contributed by atoms with Crippen LogP contribution in [0.2, 0.25) is 0 Å². The summed E-state index contributed by atoms with van der Waals surface area (Å²) in [5, 5.41) is 2.96. The molecule has 1 saturated heterocycles. The minimum atomic E-state index is -0.922. The molecule has 6 rings (SSSR count). The molecule has 1 aliphatic carbocycles. The van der Waals surface area contributed by atoms with Crippen molar-refractivity contribution >= 4 is 23.9 Å². The van der Waals surface area contributed by atoms with Crippen molar-refractivity contribution in [3.8, 4) is 11.1 Å². The van der Waals surface area contributed by atoms with Gasteiger partial charge in [-0.1, -0.05) is 72.8 Å². The normalized spacial score (nSPS) is 18.3. The number of carbonyl (C=O) groups is 4. The molecule has 3 aromatic carbocycles. The molecule has 1 N–H and O–H groups in total. The number of likely N-dealkylation sites (tertiary alicyclic amines) is 1. The van der Waals surface area contributed by atoms with Gasteiger partial charge in [-0.3, -0.25) is 14.5 Å². The molecule has 0 saturated carbocycles. The Morgan fingerprint density at radius 2 is 1.46 bits per heavy atom. The van der Waals surface area contributed by atoms with Gasteiger partial charge in [0, 0.05) is 38.9 Å². The number of fused-ring (bicyclic) bond motifs is 4. The summed E-state index contributed by atoms with van der Waals surface area (Å²) in [5.74, 6) is -1.36. The van der Waals surface area contributed by atoms with Gasteiger partial charge in [0.25, 0.3) is 0 Å². The van der Waals surface area contributed by atoms with Crippen LogP contribution in [0.1, 0.15) is 75.1 Å². The Hall–Kier alpha value is -4.70. The van der Waals surface area contributed by atoms with E-state index in [2.05, 4.69) is 34.5 Å². The molecule has 50 heavy (non-hydrogen) atoms. The lowest BCUT2D eigenvalue weighted by molar-refractivity contribution is -0.159. The Balaban J connectivity index is 1.17. The van der Waals surface area contributed by atoms with Gasteiger partial charge in [0.2, 0.25) is 5.91 Å². The lowest BCUT2D eigenvalue weighted by Crippen LogP contribution is -2.56. The molecule has 2 atom stereocenters. The average Bonchev–Trinajstić information content (AvgIpc) is 3.41. The minimum Gasteiger partial charge on any atom is -0.462 e. The third kappa shape index (κ3) is 8.18. The number of benzene rings is 3. The highest BCUT2D eigenvalue weighted by Gasteiger charge is 2.39. The second-order valence-corrected chi connectivity index (χ2v) is 14.5. The number of carbonyl (C=O) groups excluding carboxylic acids is 4. The van der Waals surface area contributed by atoms with Crippen molar-refractivity contribution in [2.24, 2.45) is 0 Å². The first kappa shape index (κ1) is 35.1. The molecule has 10 nitrogen and oxygen atoms in total. The van der Waals surface area contributed by atoms with Crippen LogP contribution in [0.4, 0.5) is 4.79 Å². The third-order valence-electron chi connectivity index (χ3n) is 9.73. The highest BCUT2D eigenvalue weighted by atomic mass is 16.6. The number of piperidine rings is 1. The predicted molar refractivity (Wildman–Crippen MR) is 188 cm³/mol. The van der Waals surface area contributed by atoms with Gasteiger partial charge in [-0.2, -0.15) is 0 Å². The van der Waals surface area contributed by atoms with Crippen molar-refractivity contribution < 1.29 is 33.4 Å². The second kappa shape index (κ2) is 15.0. The van der Waals surface area contributed by atoms with E-state index in [1.165, 1.54) is 11.8 Å². The van der Waals surface area contributed by atoms with Crippen molar-refractivity contribution in [2.75, 3.05) is 26.2 Å². The fourth-order valence-corrected chi connectivity index (χ4v) is 7.31. The first-order valence-corrected chi connectivity index (χ1v) is 17.6. The number of hydrogen-bond donors (Lipinski definition) is 1. The molecule has 2 amide bonds. The first-order valence-electron chi connectivity index (χ1n) is 17.6. The number of nitrogens with one attached hydrogen (secondary N) is 1. The molecule has 2 aliphatic heterocycles. The fourth-order valence-electron chi connectivity index (χ4n) is 7.31. The van der Waals surface area contributed by atoms with Gasteiger partial charge in [-0.05, 0) is 73.4 Å². The second-order valence-electron chi connectivity index (χ2n) is 14.5. The van der Waals surface area contributed by atoms with Gasteiger partial charge in [-0.25, -0.2) is 9.59 Å². The molecule has 10 heteroatoms. The van der Waals surface area contributed by atoms with Gasteiger partial charge < -0.3 is 24.4 Å². The van der Waals surface area contributed by atoms with E-state index in [1.807, 2.05) is 48.5 Å². The van der Waals surface area contributed by atoms with E-state index in [-0.39, 0.29) is 37.6 Å². The van der Waals surface area contributed by atoms with Crippen LogP contribution < -0.4 is 5.32 Å². The summed E-state index contributed by atoms with van der Waals surface area (Å²) in [6, 6.07) is 22.3. The molecule has 1 unspecified atom stereocenters. The van der Waals surface area contributed by atoms with Crippen LogP contribution in [-0.4, -0.2) is 83.8 Å². The Bertz CT molecular complexity index is 1680. The molecule has 0 spiro atoms. The van der Waals surface area contributed by atoms with Crippen molar-refractivity contribution in [2.45, 2.75) is 89.6 Å². The highest BCUT2D eigenvalue weighted by molar-refractivity contribution is 5.90. The number of hydrogen-bond acceptors (Lipinski definition) is 8. The van der Waals surface area contributed by atoms with Crippen LogP contribution >= 0.6 is 0 Å². The molecule has 0 radical (unpaired) electrons. The number of ether oxygens (including phenoxy) is 3. The summed E-state index contributed by atoms with van der Waals surface area (Å²) in [7, 11) is 0. The van der Waals surface area contributed by atoms with E-state index < -0.39 is 35.7 Å². The third-order valence-corrected chi connectivity index (χ3v) is 9.73. The van der Waals surface area contributed by atoms with Gasteiger partial charge in [0.1, 0.15) is 30.4 Å². The van der Waals surface area contributed by atoms with E-state index in [4.69, 9.17) is 14.2 Å². The topological polar surface area (TPSA) is 114 Å². The van der Waals surface area contributed by atoms with Crippen LogP contribution in [0, 0.1) is 0 Å². The Kier molecular flexibility index (Phi) is 10.6. The average molecular weight is 682 g/mol. The summed E-state index contributed by atoms with van der Waals surface area (Å²) in [6.07, 6.45) is 1.35. The van der Waals surface area contributed by atoms with Crippen molar-refractivity contribution in [3.63, 3.8) is 0 Å². The van der Waals surface area contributed by atoms with E-state index in [0.717, 1.165) is 33.4 Å². The number of amides is 2. The van der Waals surface area contributed by atoms with E-state index >= 15 is 0 Å². The molecule has 3 aromatic rings. The lowest BCUT2D eigenvalue weighted by Gasteiger charge is -2.36. The lowest BCUT2D eigenvalue weighted by atomic mass is 9.93. The maximum Gasteiger partial charge on any atom is 0.410 e. The Labute approximate surface area is 294 Å². The smallest absolute Gasteiger partial charge is 0.410 e. The van der Waals surface area contributed by atoms with Gasteiger partial charge in [0.15, 0.2) is 0 Å². The first-order chi connectivity index (χ1) is 24.0. The van der Waals surface area contributed by atoms with E-state index in [9.17, 15) is 19.2 Å². The SMILES string of the molecule is CC(=O)OC1CCN(CCC(NC(=O)[C@@H]2Cc3ccccc3CN2C(=O)OCC2c3ccccc3-c3ccccc32)C(=O)OC(C)(C)C)CC1. The van der Waals surface area contributed by atoms with Crippen LogP contribution in [0.3, 0.4) is 0 Å². The zero-order valence-corrected chi connectivity index (χ0v) is 29.4. The van der Waals surface area contributed by atoms with Crippen molar-refractivity contribution in [1.29, 1.82) is 0 Å². The number of esters is 2. The number of rotatable bonds is 9. The molecule has 0 aromatic heterocycles. The van der Waals surface area contributed by atoms with Gasteiger partial charge >= 0.3 is 18.0 Å². The van der Waals surface area contributed by atoms with Crippen LogP contribution in [-0.2, 0) is 41.6 Å². The summed E-state index contributed by atoms with van der Waals surface area (Å²) >= 11 is 0. The van der Waals surface area contributed by atoms with Gasteiger partial charge in [0.05, 0.1) is 6.54 Å². The van der Waals surface area contributed by atoms with Crippen LogP contribution in [0.15, 0.2) is 72.8 Å². The zero-order valence-electron chi connectivity index (χ0n) is 29.4. The molecule has 2 heterocycles. The van der Waals surface area contributed by atoms with Crippen LogP contribution in [0.25, 0.3) is 11.1 Å². The number of nitrogens with zero attached hydrogens (tertiary/aromatic N) is 2. The van der Waals surface area contributed by atoms with Crippen molar-refractivity contribution in [1.82, 2.24) is 15.1 Å². The van der Waals surface area contributed by atoms with E-state index in [0.29, 0.717) is 38.9 Å². The molecule has 3 aliphatic rings. The monoisotopic (exact) mass is 681 g/mol. The largest absolute Gasteiger partial charge is 0.462 e. The fraction of sp³-hybridized carbons (Fsp3) is 0.450. The summed E-state index contributed by atoms with van der Waals surface area (Å²) in [5.41, 5.74) is 5.65. The Morgan fingerprint density at radius 1 is 0.860 bits per heavy atom. The maximum atomic E-state index is 14.2. The van der Waals surface area contributed by atoms with E-state index in [1.54, 1.807) is 20.8 Å². The maximum absolute atomic E-state index is 14.2. The zero-order chi connectivity index (χ0) is 35.4. The molecule has 264 valence electrons. The summed E-state index contributed by atoms with van der Waals surface area (Å²) in [6.45, 7) is 9.10. The standard InChI is InChI=1S/C40H47N3O7/c1-26(44)49-29-17-20-42(21-18-29)22-19-35(38(46)50-40(2,3)4)41-37(45)36-23-27-11-5-6-12-28(27)24-43(36)39(47)48-25-34-32-15-9-7-13-30(32)31-14-8-10-16-33(31)34/h5-16,29,34-36H,17-25H2,1-4H3,(H,41,45)/t35?,36-/m0/s1. The molecule has 1 fully saturated rings. The molecular formula is C40H47N3O7. The summed E-state index contributed by atoms with van der Waals surface area (Å²) in [4.78, 5) is 56.6. The predicted octanol–water partition coefficient (Wildman–Crippen LogP) is 5.61.